The fourth-order valence-corrected chi connectivity index (χ4v) is 2.12. The lowest BCUT2D eigenvalue weighted by molar-refractivity contribution is 0.411. The molecule has 0 aliphatic carbocycles. The van der Waals surface area contributed by atoms with Gasteiger partial charge < -0.3 is 10.5 Å². The molecular formula is C15H15N3O. The molecule has 4 nitrogen and oxygen atoms in total. The number of aromatic nitrogens is 1. The van der Waals surface area contributed by atoms with Gasteiger partial charge in [0.05, 0.1) is 7.11 Å². The van der Waals surface area contributed by atoms with Crippen LogP contribution in [0, 0.1) is 25.2 Å². The maximum atomic E-state index is 9.23. The zero-order valence-electron chi connectivity index (χ0n) is 11.2. The number of anilines is 1. The van der Waals surface area contributed by atoms with E-state index in [2.05, 4.69) is 11.1 Å². The van der Waals surface area contributed by atoms with Crippen LogP contribution >= 0.6 is 0 Å². The third-order valence-corrected chi connectivity index (χ3v) is 3.12. The van der Waals surface area contributed by atoms with E-state index in [9.17, 15) is 5.26 Å². The Labute approximate surface area is 112 Å². The number of nitrogens with zero attached hydrogens (tertiary/aromatic N) is 2. The van der Waals surface area contributed by atoms with Crippen molar-refractivity contribution in [2.45, 2.75) is 13.8 Å². The van der Waals surface area contributed by atoms with E-state index in [-0.39, 0.29) is 5.82 Å². The van der Waals surface area contributed by atoms with Crippen LogP contribution in [0.1, 0.15) is 16.7 Å². The van der Waals surface area contributed by atoms with Crippen molar-refractivity contribution in [3.63, 3.8) is 0 Å². The summed E-state index contributed by atoms with van der Waals surface area (Å²) < 4.78 is 5.29. The Hall–Kier alpha value is -2.54. The second kappa shape index (κ2) is 4.99. The van der Waals surface area contributed by atoms with Crippen molar-refractivity contribution in [1.29, 1.82) is 5.26 Å². The van der Waals surface area contributed by atoms with Gasteiger partial charge in [0.2, 0.25) is 0 Å². The Kier molecular flexibility index (Phi) is 3.39. The minimum absolute atomic E-state index is 0.257. The van der Waals surface area contributed by atoms with E-state index in [1.807, 2.05) is 32.0 Å². The maximum absolute atomic E-state index is 9.23. The average molecular weight is 253 g/mol. The first-order valence-electron chi connectivity index (χ1n) is 5.88. The van der Waals surface area contributed by atoms with Crippen molar-refractivity contribution in [3.05, 3.63) is 41.1 Å². The minimum Gasteiger partial charge on any atom is -0.496 e. The Balaban J connectivity index is 2.70. The van der Waals surface area contributed by atoms with Gasteiger partial charge in [0.25, 0.3) is 0 Å². The highest BCUT2D eigenvalue weighted by molar-refractivity contribution is 5.78. The maximum Gasteiger partial charge on any atom is 0.141 e. The van der Waals surface area contributed by atoms with E-state index in [4.69, 9.17) is 10.5 Å². The zero-order chi connectivity index (χ0) is 14.0. The summed E-state index contributed by atoms with van der Waals surface area (Å²) in [5.41, 5.74) is 10.00. The molecule has 96 valence electrons. The first-order valence-corrected chi connectivity index (χ1v) is 5.88. The van der Waals surface area contributed by atoms with Crippen molar-refractivity contribution in [2.75, 3.05) is 12.8 Å². The van der Waals surface area contributed by atoms with Gasteiger partial charge in [-0.05, 0) is 48.7 Å². The molecule has 1 heterocycles. The number of nitriles is 1. The molecule has 0 aliphatic rings. The average Bonchev–Trinajstić information content (AvgIpc) is 2.40. The van der Waals surface area contributed by atoms with Crippen LogP contribution in [0.25, 0.3) is 11.1 Å². The third-order valence-electron chi connectivity index (χ3n) is 3.12. The van der Waals surface area contributed by atoms with Crippen LogP contribution in [-0.4, -0.2) is 12.1 Å². The van der Waals surface area contributed by atoms with Crippen LogP contribution in [0.5, 0.6) is 5.75 Å². The number of rotatable bonds is 2. The van der Waals surface area contributed by atoms with E-state index in [0.717, 1.165) is 28.0 Å². The highest BCUT2D eigenvalue weighted by Gasteiger charge is 2.13. The second-order valence-electron chi connectivity index (χ2n) is 4.37. The lowest BCUT2D eigenvalue weighted by atomic mass is 9.95. The molecule has 1 aromatic carbocycles. The third kappa shape index (κ3) is 2.23. The monoisotopic (exact) mass is 253 g/mol. The number of nitrogens with two attached hydrogens (primary N) is 1. The van der Waals surface area contributed by atoms with Crippen LogP contribution in [0.15, 0.2) is 24.4 Å². The van der Waals surface area contributed by atoms with E-state index in [1.54, 1.807) is 13.3 Å². The van der Waals surface area contributed by atoms with Crippen LogP contribution in [0.3, 0.4) is 0 Å². The van der Waals surface area contributed by atoms with Crippen molar-refractivity contribution < 1.29 is 4.74 Å². The quantitative estimate of drug-likeness (QED) is 0.893. The summed E-state index contributed by atoms with van der Waals surface area (Å²) in [5, 5.41) is 9.23. The number of pyridine rings is 1. The molecular weight excluding hydrogens is 238 g/mol. The molecule has 19 heavy (non-hydrogen) atoms. The highest BCUT2D eigenvalue weighted by Crippen LogP contribution is 2.32. The zero-order valence-corrected chi connectivity index (χ0v) is 11.2. The first-order chi connectivity index (χ1) is 9.08. The van der Waals surface area contributed by atoms with Gasteiger partial charge in [0.1, 0.15) is 23.2 Å². The number of hydrogen-bond acceptors (Lipinski definition) is 4. The topological polar surface area (TPSA) is 71.9 Å². The summed E-state index contributed by atoms with van der Waals surface area (Å²) in [6.07, 6.45) is 1.62. The van der Waals surface area contributed by atoms with E-state index in [0.29, 0.717) is 5.56 Å². The molecule has 0 aliphatic heterocycles. The van der Waals surface area contributed by atoms with Crippen molar-refractivity contribution in [3.8, 4) is 22.9 Å². The van der Waals surface area contributed by atoms with Crippen LogP contribution < -0.4 is 10.5 Å². The summed E-state index contributed by atoms with van der Waals surface area (Å²) in [4.78, 5) is 3.95. The molecule has 2 N–H and O–H groups in total. The molecule has 0 fully saturated rings. The second-order valence-corrected chi connectivity index (χ2v) is 4.37. The van der Waals surface area contributed by atoms with Gasteiger partial charge in [-0.3, -0.25) is 0 Å². The SMILES string of the molecule is COc1cc(C)c(-c2ccnc(N)c2C#N)cc1C. The molecule has 0 spiro atoms. The number of benzene rings is 1. The summed E-state index contributed by atoms with van der Waals surface area (Å²) in [6.45, 7) is 3.95. The standard InChI is InChI=1S/C15H15N3O/c1-9-7-14(19-3)10(2)6-12(9)11-4-5-18-15(17)13(11)8-16/h4-7H,1-3H3,(H2,17,18). The number of aryl methyl sites for hydroxylation is 2. The largest absolute Gasteiger partial charge is 0.496 e. The Bertz CT molecular complexity index is 672. The van der Waals surface area contributed by atoms with Gasteiger partial charge in [-0.1, -0.05) is 0 Å². The highest BCUT2D eigenvalue weighted by atomic mass is 16.5. The van der Waals surface area contributed by atoms with E-state index >= 15 is 0 Å². The minimum atomic E-state index is 0.257. The predicted molar refractivity (Wildman–Crippen MR) is 74.8 cm³/mol. The fourth-order valence-electron chi connectivity index (χ4n) is 2.12. The Morgan fingerprint density at radius 3 is 2.58 bits per heavy atom. The van der Waals surface area contributed by atoms with Gasteiger partial charge in [-0.15, -0.1) is 0 Å². The molecule has 0 amide bonds. The lowest BCUT2D eigenvalue weighted by Gasteiger charge is -2.13. The summed E-state index contributed by atoms with van der Waals surface area (Å²) in [6, 6.07) is 7.89. The summed E-state index contributed by atoms with van der Waals surface area (Å²) >= 11 is 0. The number of methoxy groups -OCH3 is 1. The fraction of sp³-hybridized carbons (Fsp3) is 0.200. The Morgan fingerprint density at radius 2 is 1.95 bits per heavy atom. The van der Waals surface area contributed by atoms with Gasteiger partial charge in [0.15, 0.2) is 0 Å². The normalized spacial score (nSPS) is 10.0. The molecule has 0 bridgehead atoms. The Morgan fingerprint density at radius 1 is 1.21 bits per heavy atom. The molecule has 1 aromatic heterocycles. The van der Waals surface area contributed by atoms with Gasteiger partial charge in [0, 0.05) is 11.8 Å². The molecule has 2 aromatic rings. The van der Waals surface area contributed by atoms with Crippen molar-refractivity contribution in [2.24, 2.45) is 0 Å². The van der Waals surface area contributed by atoms with E-state index < -0.39 is 0 Å². The molecule has 0 atom stereocenters. The summed E-state index contributed by atoms with van der Waals surface area (Å²) in [7, 11) is 1.65. The first kappa shape index (κ1) is 12.9. The lowest BCUT2D eigenvalue weighted by Crippen LogP contribution is -1.98. The number of ether oxygens (including phenoxy) is 1. The smallest absolute Gasteiger partial charge is 0.141 e. The molecule has 0 saturated heterocycles. The van der Waals surface area contributed by atoms with Crippen LogP contribution in [0.2, 0.25) is 0 Å². The van der Waals surface area contributed by atoms with Gasteiger partial charge >= 0.3 is 0 Å². The van der Waals surface area contributed by atoms with Crippen LogP contribution in [-0.2, 0) is 0 Å². The predicted octanol–water partition coefficient (Wildman–Crippen LogP) is 2.83. The van der Waals surface area contributed by atoms with Crippen LogP contribution in [0.4, 0.5) is 5.82 Å². The molecule has 4 heteroatoms. The number of nitrogen functional groups attached to an aromatic ring is 1. The van der Waals surface area contributed by atoms with Crippen molar-refractivity contribution in [1.82, 2.24) is 4.98 Å². The molecule has 2 rings (SSSR count). The molecule has 0 saturated carbocycles. The van der Waals surface area contributed by atoms with E-state index in [1.165, 1.54) is 0 Å². The van der Waals surface area contributed by atoms with Gasteiger partial charge in [-0.25, -0.2) is 4.98 Å². The summed E-state index contributed by atoms with van der Waals surface area (Å²) in [5.74, 6) is 1.09. The molecule has 0 radical (unpaired) electrons. The van der Waals surface area contributed by atoms with Crippen molar-refractivity contribution >= 4 is 5.82 Å². The molecule has 0 unspecified atom stereocenters. The van der Waals surface area contributed by atoms with Gasteiger partial charge in [-0.2, -0.15) is 5.26 Å². The number of hydrogen-bond donors (Lipinski definition) is 1.